The molecule has 0 spiro atoms. The van der Waals surface area contributed by atoms with Gasteiger partial charge in [0, 0.05) is 17.6 Å². The summed E-state index contributed by atoms with van der Waals surface area (Å²) in [5.74, 6) is -0.615. The number of hydrogen-bond acceptors (Lipinski definition) is 6. The average Bonchev–Trinajstić information content (AvgIpc) is 3.39. The van der Waals surface area contributed by atoms with E-state index in [9.17, 15) is 9.90 Å². The zero-order valence-corrected chi connectivity index (χ0v) is 20.8. The maximum Gasteiger partial charge on any atom is 0.313 e. The molecular formula is C25H25Cl2N3O3S. The summed E-state index contributed by atoms with van der Waals surface area (Å²) in [6.45, 7) is 2.02. The third kappa shape index (κ3) is 4.41. The Labute approximate surface area is 214 Å². The van der Waals surface area contributed by atoms with Crippen molar-refractivity contribution in [2.45, 2.75) is 23.0 Å². The fourth-order valence-electron chi connectivity index (χ4n) is 4.49. The van der Waals surface area contributed by atoms with Crippen LogP contribution in [0.4, 0.5) is 0 Å². The number of nitrogens with zero attached hydrogens (tertiary/aromatic N) is 2. The minimum absolute atomic E-state index is 0. The molecule has 4 unspecified atom stereocenters. The molecule has 4 atom stereocenters. The summed E-state index contributed by atoms with van der Waals surface area (Å²) >= 11 is 1.52. The monoisotopic (exact) mass is 517 g/mol. The number of carbonyl (C=O) groups excluding carboxylic acids is 1. The average molecular weight is 518 g/mol. The van der Waals surface area contributed by atoms with Gasteiger partial charge in [-0.2, -0.15) is 0 Å². The standard InChI is InChI=1S/C25H23N3O3S.2ClH/c1-2-31-24(29)20-21(16-12-14-26-15-13-16)32-22(25(20,30)17-8-4-3-5-9-17)23-27-18-10-6-7-11-19(18)28-23;;/h3-15,20-22,30H,2H2,1H3,(H,27,28);2*1H. The van der Waals surface area contributed by atoms with Crippen molar-refractivity contribution in [1.29, 1.82) is 0 Å². The van der Waals surface area contributed by atoms with Crippen LogP contribution in [0, 0.1) is 5.92 Å². The van der Waals surface area contributed by atoms with Crippen LogP contribution in [0.1, 0.15) is 34.4 Å². The van der Waals surface area contributed by atoms with Crippen LogP contribution in [0.25, 0.3) is 11.0 Å². The van der Waals surface area contributed by atoms with Crippen molar-refractivity contribution in [3.05, 3.63) is 96.1 Å². The van der Waals surface area contributed by atoms with E-state index in [4.69, 9.17) is 9.72 Å². The van der Waals surface area contributed by atoms with Crippen molar-refractivity contribution < 1.29 is 14.6 Å². The van der Waals surface area contributed by atoms with Crippen molar-refractivity contribution in [3.63, 3.8) is 0 Å². The van der Waals surface area contributed by atoms with Gasteiger partial charge >= 0.3 is 5.97 Å². The lowest BCUT2D eigenvalue weighted by Crippen LogP contribution is -2.42. The van der Waals surface area contributed by atoms with E-state index in [-0.39, 0.29) is 36.7 Å². The molecule has 0 bridgehead atoms. The van der Waals surface area contributed by atoms with E-state index in [0.717, 1.165) is 16.6 Å². The number of para-hydroxylation sites is 2. The lowest BCUT2D eigenvalue weighted by Gasteiger charge is -2.34. The summed E-state index contributed by atoms with van der Waals surface area (Å²) < 4.78 is 5.48. The summed E-state index contributed by atoms with van der Waals surface area (Å²) in [6, 6.07) is 20.9. The number of esters is 1. The van der Waals surface area contributed by atoms with Gasteiger partial charge in [0.05, 0.1) is 22.9 Å². The zero-order chi connectivity index (χ0) is 22.1. The molecule has 34 heavy (non-hydrogen) atoms. The van der Waals surface area contributed by atoms with Gasteiger partial charge < -0.3 is 14.8 Å². The van der Waals surface area contributed by atoms with E-state index >= 15 is 0 Å². The summed E-state index contributed by atoms with van der Waals surface area (Å²) in [6.07, 6.45) is 3.41. The number of H-pyrrole nitrogens is 1. The van der Waals surface area contributed by atoms with Gasteiger partial charge in [0.15, 0.2) is 0 Å². The molecule has 2 N–H and O–H groups in total. The van der Waals surface area contributed by atoms with Crippen LogP contribution in [0.2, 0.25) is 0 Å². The van der Waals surface area contributed by atoms with Crippen LogP contribution in [-0.4, -0.2) is 32.6 Å². The minimum atomic E-state index is -1.53. The molecular weight excluding hydrogens is 493 g/mol. The molecule has 3 heterocycles. The number of aromatic amines is 1. The number of hydrogen-bond donors (Lipinski definition) is 2. The molecule has 1 fully saturated rings. The molecule has 178 valence electrons. The molecule has 2 aromatic heterocycles. The topological polar surface area (TPSA) is 88.1 Å². The molecule has 6 nitrogen and oxygen atoms in total. The van der Waals surface area contributed by atoms with E-state index in [1.165, 1.54) is 11.8 Å². The zero-order valence-electron chi connectivity index (χ0n) is 18.3. The number of imidazole rings is 1. The van der Waals surface area contributed by atoms with Gasteiger partial charge in [-0.15, -0.1) is 36.6 Å². The Morgan fingerprint density at radius 2 is 1.74 bits per heavy atom. The Kier molecular flexibility index (Phi) is 8.25. The molecule has 1 saturated heterocycles. The molecule has 1 aliphatic heterocycles. The second-order valence-electron chi connectivity index (χ2n) is 7.78. The molecule has 2 aromatic carbocycles. The van der Waals surface area contributed by atoms with Gasteiger partial charge in [0.1, 0.15) is 17.3 Å². The number of nitrogens with one attached hydrogen (secondary N) is 1. The van der Waals surface area contributed by atoms with E-state index in [2.05, 4.69) is 9.97 Å². The lowest BCUT2D eigenvalue weighted by atomic mass is 9.75. The number of carbonyl (C=O) groups is 1. The van der Waals surface area contributed by atoms with E-state index in [1.54, 1.807) is 19.3 Å². The first-order chi connectivity index (χ1) is 15.6. The lowest BCUT2D eigenvalue weighted by molar-refractivity contribution is -0.158. The van der Waals surface area contributed by atoms with Gasteiger partial charge in [-0.25, -0.2) is 4.98 Å². The number of pyridine rings is 1. The second-order valence-corrected chi connectivity index (χ2v) is 9.03. The third-order valence-corrected chi connectivity index (χ3v) is 7.62. The number of thioether (sulfide) groups is 1. The van der Waals surface area contributed by atoms with Gasteiger partial charge in [-0.05, 0) is 42.3 Å². The van der Waals surface area contributed by atoms with Crippen LogP contribution < -0.4 is 0 Å². The number of rotatable bonds is 5. The highest BCUT2D eigenvalue weighted by atomic mass is 35.5. The maximum absolute atomic E-state index is 13.3. The molecule has 0 radical (unpaired) electrons. The fourth-order valence-corrected chi connectivity index (χ4v) is 6.30. The van der Waals surface area contributed by atoms with E-state index in [0.29, 0.717) is 11.4 Å². The first-order valence-electron chi connectivity index (χ1n) is 10.6. The minimum Gasteiger partial charge on any atom is -0.466 e. The number of aromatic nitrogens is 3. The first kappa shape index (κ1) is 26.0. The van der Waals surface area contributed by atoms with Gasteiger partial charge in [0.2, 0.25) is 0 Å². The van der Waals surface area contributed by atoms with Crippen molar-refractivity contribution in [2.24, 2.45) is 5.92 Å². The fraction of sp³-hybridized carbons (Fsp3) is 0.240. The van der Waals surface area contributed by atoms with Crippen molar-refractivity contribution >= 4 is 53.6 Å². The molecule has 9 heteroatoms. The highest BCUT2D eigenvalue weighted by Gasteiger charge is 2.61. The quantitative estimate of drug-likeness (QED) is 0.344. The Hall–Kier alpha value is -2.58. The largest absolute Gasteiger partial charge is 0.466 e. The SMILES string of the molecule is CCOC(=O)C1C(c2ccncc2)SC(c2nc3ccccc3[nH]2)C1(O)c1ccccc1.Cl.Cl. The highest BCUT2D eigenvalue weighted by Crippen LogP contribution is 2.65. The van der Waals surface area contributed by atoms with Crippen LogP contribution in [0.3, 0.4) is 0 Å². The van der Waals surface area contributed by atoms with Crippen molar-refractivity contribution in [2.75, 3.05) is 6.61 Å². The van der Waals surface area contributed by atoms with E-state index < -0.39 is 22.7 Å². The Morgan fingerprint density at radius 1 is 1.06 bits per heavy atom. The van der Waals surface area contributed by atoms with Crippen molar-refractivity contribution in [3.8, 4) is 0 Å². The van der Waals surface area contributed by atoms with Gasteiger partial charge in [0.25, 0.3) is 0 Å². The van der Waals surface area contributed by atoms with Crippen LogP contribution >= 0.6 is 36.6 Å². The smallest absolute Gasteiger partial charge is 0.313 e. The summed E-state index contributed by atoms with van der Waals surface area (Å²) in [4.78, 5) is 25.6. The Morgan fingerprint density at radius 3 is 2.41 bits per heavy atom. The Balaban J connectivity index is 0.00000162. The molecule has 4 aromatic rings. The summed E-state index contributed by atoms with van der Waals surface area (Å²) in [5.41, 5.74) is 1.75. The predicted octanol–water partition coefficient (Wildman–Crippen LogP) is 5.40. The summed E-state index contributed by atoms with van der Waals surface area (Å²) in [5, 5.41) is 11.5. The van der Waals surface area contributed by atoms with Gasteiger partial charge in [-0.3, -0.25) is 9.78 Å². The maximum atomic E-state index is 13.3. The van der Waals surface area contributed by atoms with E-state index in [1.807, 2.05) is 66.7 Å². The number of fused-ring (bicyclic) bond motifs is 1. The summed E-state index contributed by atoms with van der Waals surface area (Å²) in [7, 11) is 0. The first-order valence-corrected chi connectivity index (χ1v) is 11.5. The van der Waals surface area contributed by atoms with Crippen LogP contribution in [0.15, 0.2) is 79.1 Å². The van der Waals surface area contributed by atoms with Gasteiger partial charge in [-0.1, -0.05) is 42.5 Å². The molecule has 5 rings (SSSR count). The predicted molar refractivity (Wildman–Crippen MR) is 138 cm³/mol. The number of aliphatic hydroxyl groups is 1. The molecule has 0 saturated carbocycles. The second kappa shape index (κ2) is 10.8. The molecule has 0 aliphatic carbocycles. The molecule has 0 amide bonds. The number of ether oxygens (including phenoxy) is 1. The Bertz CT molecular complexity index is 1210. The number of halogens is 2. The third-order valence-electron chi connectivity index (χ3n) is 5.93. The molecule has 1 aliphatic rings. The van der Waals surface area contributed by atoms with Crippen LogP contribution in [-0.2, 0) is 15.1 Å². The number of benzene rings is 2. The van der Waals surface area contributed by atoms with Crippen molar-refractivity contribution in [1.82, 2.24) is 15.0 Å². The highest BCUT2D eigenvalue weighted by molar-refractivity contribution is 8.00. The normalized spacial score (nSPS) is 23.6. The van der Waals surface area contributed by atoms with Crippen LogP contribution in [0.5, 0.6) is 0 Å².